The Labute approximate surface area is 107 Å². The van der Waals surface area contributed by atoms with E-state index in [9.17, 15) is 0 Å². The van der Waals surface area contributed by atoms with Crippen LogP contribution < -0.4 is 10.6 Å². The molecule has 0 bridgehead atoms. The second-order valence-corrected chi connectivity index (χ2v) is 7.40. The lowest BCUT2D eigenvalue weighted by atomic mass is 9.93. The summed E-state index contributed by atoms with van der Waals surface area (Å²) in [7, 11) is 0. The molecule has 2 aliphatic rings. The Morgan fingerprint density at radius 1 is 1.12 bits per heavy atom. The maximum absolute atomic E-state index is 3.72. The lowest BCUT2D eigenvalue weighted by Gasteiger charge is -2.28. The Balaban J connectivity index is 1.67. The molecule has 2 atom stereocenters. The van der Waals surface area contributed by atoms with Gasteiger partial charge in [-0.25, -0.2) is 0 Å². The van der Waals surface area contributed by atoms with Gasteiger partial charge in [0.15, 0.2) is 0 Å². The SMILES string of the molecule is CC1CC(CNCC2C(C)(C)C2(C)C)CCN1. The highest BCUT2D eigenvalue weighted by Gasteiger charge is 2.63. The summed E-state index contributed by atoms with van der Waals surface area (Å²) in [6, 6.07) is 0.712. The third-order valence-corrected chi connectivity index (χ3v) is 5.83. The summed E-state index contributed by atoms with van der Waals surface area (Å²) in [6.45, 7) is 15.6. The molecule has 2 fully saturated rings. The molecule has 0 aromatic rings. The molecule has 0 aromatic heterocycles. The molecule has 0 aromatic carbocycles. The van der Waals surface area contributed by atoms with Gasteiger partial charge in [0.2, 0.25) is 0 Å². The van der Waals surface area contributed by atoms with E-state index < -0.39 is 0 Å². The van der Waals surface area contributed by atoms with E-state index in [1.807, 2.05) is 0 Å². The van der Waals surface area contributed by atoms with Crippen molar-refractivity contribution in [2.75, 3.05) is 19.6 Å². The molecule has 1 heterocycles. The molecular formula is C15H30N2. The van der Waals surface area contributed by atoms with Crippen molar-refractivity contribution in [2.45, 2.75) is 53.5 Å². The molecule has 2 unspecified atom stereocenters. The minimum atomic E-state index is 0.529. The zero-order chi connectivity index (χ0) is 12.7. The molecule has 0 spiro atoms. The summed E-state index contributed by atoms with van der Waals surface area (Å²) in [5.74, 6) is 1.74. The van der Waals surface area contributed by atoms with Crippen molar-refractivity contribution in [1.82, 2.24) is 10.6 Å². The molecule has 2 heteroatoms. The Morgan fingerprint density at radius 3 is 2.29 bits per heavy atom. The molecule has 2 nitrogen and oxygen atoms in total. The second kappa shape index (κ2) is 4.55. The number of rotatable bonds is 4. The normalized spacial score (nSPS) is 35.8. The molecule has 1 saturated carbocycles. The van der Waals surface area contributed by atoms with Crippen LogP contribution in [0.5, 0.6) is 0 Å². The first-order valence-corrected chi connectivity index (χ1v) is 7.30. The predicted octanol–water partition coefficient (Wildman–Crippen LogP) is 2.65. The second-order valence-electron chi connectivity index (χ2n) is 7.40. The minimum Gasteiger partial charge on any atom is -0.316 e. The fourth-order valence-electron chi connectivity index (χ4n) is 3.70. The van der Waals surface area contributed by atoms with Crippen molar-refractivity contribution in [3.05, 3.63) is 0 Å². The maximum Gasteiger partial charge on any atom is 0.00418 e. The van der Waals surface area contributed by atoms with Crippen LogP contribution in [-0.4, -0.2) is 25.7 Å². The van der Waals surface area contributed by atoms with Crippen LogP contribution in [0.25, 0.3) is 0 Å². The molecule has 17 heavy (non-hydrogen) atoms. The van der Waals surface area contributed by atoms with Gasteiger partial charge >= 0.3 is 0 Å². The van der Waals surface area contributed by atoms with Crippen molar-refractivity contribution in [1.29, 1.82) is 0 Å². The van der Waals surface area contributed by atoms with Crippen LogP contribution in [-0.2, 0) is 0 Å². The molecular weight excluding hydrogens is 208 g/mol. The van der Waals surface area contributed by atoms with E-state index in [4.69, 9.17) is 0 Å². The van der Waals surface area contributed by atoms with Gasteiger partial charge in [-0.3, -0.25) is 0 Å². The van der Waals surface area contributed by atoms with Gasteiger partial charge in [0.25, 0.3) is 0 Å². The van der Waals surface area contributed by atoms with E-state index in [-0.39, 0.29) is 0 Å². The zero-order valence-corrected chi connectivity index (χ0v) is 12.3. The van der Waals surface area contributed by atoms with Gasteiger partial charge in [-0.05, 0) is 62.1 Å². The van der Waals surface area contributed by atoms with Crippen LogP contribution >= 0.6 is 0 Å². The number of hydrogen-bond acceptors (Lipinski definition) is 2. The highest BCUT2D eigenvalue weighted by Crippen LogP contribution is 2.67. The van der Waals surface area contributed by atoms with E-state index in [0.29, 0.717) is 16.9 Å². The largest absolute Gasteiger partial charge is 0.316 e. The van der Waals surface area contributed by atoms with Crippen LogP contribution in [0.15, 0.2) is 0 Å². The maximum atomic E-state index is 3.72. The van der Waals surface area contributed by atoms with Crippen LogP contribution in [0.2, 0.25) is 0 Å². The molecule has 2 rings (SSSR count). The third kappa shape index (κ3) is 2.53. The van der Waals surface area contributed by atoms with E-state index in [0.717, 1.165) is 11.8 Å². The Kier molecular flexibility index (Phi) is 3.57. The highest BCUT2D eigenvalue weighted by molar-refractivity contribution is 5.12. The average Bonchev–Trinajstić information content (AvgIpc) is 2.60. The topological polar surface area (TPSA) is 24.1 Å². The molecule has 1 aliphatic heterocycles. The Bertz CT molecular complexity index is 256. The van der Waals surface area contributed by atoms with Gasteiger partial charge in [-0.1, -0.05) is 27.7 Å². The van der Waals surface area contributed by atoms with Gasteiger partial charge in [-0.15, -0.1) is 0 Å². The van der Waals surface area contributed by atoms with Gasteiger partial charge in [0, 0.05) is 6.04 Å². The first kappa shape index (κ1) is 13.4. The van der Waals surface area contributed by atoms with E-state index >= 15 is 0 Å². The Hall–Kier alpha value is -0.0800. The van der Waals surface area contributed by atoms with Crippen LogP contribution in [0, 0.1) is 22.7 Å². The van der Waals surface area contributed by atoms with Crippen LogP contribution in [0.4, 0.5) is 0 Å². The first-order chi connectivity index (χ1) is 7.85. The number of piperidine rings is 1. The predicted molar refractivity (Wildman–Crippen MR) is 74.1 cm³/mol. The minimum absolute atomic E-state index is 0.529. The van der Waals surface area contributed by atoms with Crippen molar-refractivity contribution in [2.24, 2.45) is 22.7 Å². The molecule has 1 aliphatic carbocycles. The quantitative estimate of drug-likeness (QED) is 0.787. The first-order valence-electron chi connectivity index (χ1n) is 7.30. The monoisotopic (exact) mass is 238 g/mol. The van der Waals surface area contributed by atoms with Crippen molar-refractivity contribution in [3.63, 3.8) is 0 Å². The fraction of sp³-hybridized carbons (Fsp3) is 1.00. The van der Waals surface area contributed by atoms with Gasteiger partial charge in [0.05, 0.1) is 0 Å². The molecule has 2 N–H and O–H groups in total. The summed E-state index contributed by atoms with van der Waals surface area (Å²) in [5, 5.41) is 7.24. The summed E-state index contributed by atoms with van der Waals surface area (Å²) < 4.78 is 0. The van der Waals surface area contributed by atoms with Crippen LogP contribution in [0.3, 0.4) is 0 Å². The van der Waals surface area contributed by atoms with E-state index in [2.05, 4.69) is 45.3 Å². The molecule has 100 valence electrons. The third-order valence-electron chi connectivity index (χ3n) is 5.83. The van der Waals surface area contributed by atoms with Gasteiger partial charge < -0.3 is 10.6 Å². The summed E-state index contributed by atoms with van der Waals surface area (Å²) in [6.07, 6.45) is 2.68. The molecule has 1 saturated heterocycles. The van der Waals surface area contributed by atoms with E-state index in [1.165, 1.54) is 32.5 Å². The smallest absolute Gasteiger partial charge is 0.00418 e. The van der Waals surface area contributed by atoms with E-state index in [1.54, 1.807) is 0 Å². The lowest BCUT2D eigenvalue weighted by Crippen LogP contribution is -2.39. The standard InChI is InChI=1S/C15H30N2/c1-11-8-12(6-7-17-11)9-16-10-13-14(2,3)15(13,4)5/h11-13,16-17H,6-10H2,1-5H3. The summed E-state index contributed by atoms with van der Waals surface area (Å²) in [4.78, 5) is 0. The Morgan fingerprint density at radius 2 is 1.76 bits per heavy atom. The lowest BCUT2D eigenvalue weighted by molar-refractivity contribution is 0.301. The number of nitrogens with one attached hydrogen (secondary N) is 2. The van der Waals surface area contributed by atoms with Crippen molar-refractivity contribution < 1.29 is 0 Å². The van der Waals surface area contributed by atoms with Crippen molar-refractivity contribution >= 4 is 0 Å². The summed E-state index contributed by atoms with van der Waals surface area (Å²) >= 11 is 0. The molecule has 0 amide bonds. The fourth-order valence-corrected chi connectivity index (χ4v) is 3.70. The average molecular weight is 238 g/mol. The molecule has 0 radical (unpaired) electrons. The van der Waals surface area contributed by atoms with Crippen molar-refractivity contribution in [3.8, 4) is 0 Å². The van der Waals surface area contributed by atoms with Gasteiger partial charge in [0.1, 0.15) is 0 Å². The summed E-state index contributed by atoms with van der Waals surface area (Å²) in [5.41, 5.74) is 1.06. The van der Waals surface area contributed by atoms with Crippen LogP contribution in [0.1, 0.15) is 47.5 Å². The highest BCUT2D eigenvalue weighted by atomic mass is 14.9. The zero-order valence-electron chi connectivity index (χ0n) is 12.3. The number of hydrogen-bond donors (Lipinski definition) is 2. The van der Waals surface area contributed by atoms with Gasteiger partial charge in [-0.2, -0.15) is 0 Å².